The Labute approximate surface area is 186 Å². The van der Waals surface area contributed by atoms with Gasteiger partial charge in [-0.2, -0.15) is 0 Å². The van der Waals surface area contributed by atoms with Crippen LogP contribution in [0.15, 0.2) is 34.8 Å². The van der Waals surface area contributed by atoms with Gasteiger partial charge in [-0.3, -0.25) is 0 Å². The molecule has 0 saturated heterocycles. The monoisotopic (exact) mass is 468 g/mol. The molecule has 4 nitrogen and oxygen atoms in total. The van der Waals surface area contributed by atoms with Crippen LogP contribution in [-0.4, -0.2) is 25.2 Å². The first-order chi connectivity index (χ1) is 14.5. The lowest BCUT2D eigenvalue weighted by molar-refractivity contribution is 0.255. The molecule has 158 valence electrons. The van der Waals surface area contributed by atoms with Gasteiger partial charge in [-0.05, 0) is 89.5 Å². The van der Waals surface area contributed by atoms with Crippen molar-refractivity contribution in [1.82, 2.24) is 10.3 Å². The van der Waals surface area contributed by atoms with Crippen molar-refractivity contribution in [2.75, 3.05) is 14.2 Å². The van der Waals surface area contributed by atoms with Crippen LogP contribution in [0.1, 0.15) is 66.4 Å². The summed E-state index contributed by atoms with van der Waals surface area (Å²) in [5.41, 5.74) is 6.69. The average molecular weight is 469 g/mol. The predicted molar refractivity (Wildman–Crippen MR) is 125 cm³/mol. The zero-order valence-corrected chi connectivity index (χ0v) is 19.6. The van der Waals surface area contributed by atoms with Crippen molar-refractivity contribution in [2.45, 2.75) is 57.0 Å². The quantitative estimate of drug-likeness (QED) is 0.471. The molecule has 2 aromatic carbocycles. The van der Waals surface area contributed by atoms with Gasteiger partial charge in [0.25, 0.3) is 0 Å². The van der Waals surface area contributed by atoms with Crippen molar-refractivity contribution in [3.8, 4) is 11.5 Å². The SMILES string of the molecule is COc1ccc(C2CCCC3NC(C)c4[nH]c5c(Br)cc(C)cc5c4C32)cc1OC. The molecular formula is C25H29BrN2O2. The van der Waals surface area contributed by atoms with Crippen LogP contribution in [0.3, 0.4) is 0 Å². The van der Waals surface area contributed by atoms with Gasteiger partial charge in [-0.25, -0.2) is 0 Å². The highest BCUT2D eigenvalue weighted by Gasteiger charge is 2.42. The maximum absolute atomic E-state index is 5.62. The molecular weight excluding hydrogens is 440 g/mol. The zero-order valence-electron chi connectivity index (χ0n) is 18.0. The second-order valence-electron chi connectivity index (χ2n) is 8.79. The van der Waals surface area contributed by atoms with Gasteiger partial charge in [-0.1, -0.05) is 12.5 Å². The number of H-pyrrole nitrogens is 1. The summed E-state index contributed by atoms with van der Waals surface area (Å²) < 4.78 is 12.3. The number of rotatable bonds is 3. The molecule has 5 heteroatoms. The minimum Gasteiger partial charge on any atom is -0.493 e. The Morgan fingerprint density at radius 3 is 2.60 bits per heavy atom. The minimum absolute atomic E-state index is 0.324. The second-order valence-corrected chi connectivity index (χ2v) is 9.65. The molecule has 0 radical (unpaired) electrons. The number of aryl methyl sites for hydroxylation is 1. The van der Waals surface area contributed by atoms with E-state index in [1.54, 1.807) is 14.2 Å². The van der Waals surface area contributed by atoms with Gasteiger partial charge in [0.15, 0.2) is 11.5 Å². The van der Waals surface area contributed by atoms with E-state index in [0.29, 0.717) is 23.9 Å². The highest BCUT2D eigenvalue weighted by atomic mass is 79.9. The first-order valence-corrected chi connectivity index (χ1v) is 11.6. The molecule has 3 aromatic rings. The maximum atomic E-state index is 5.62. The van der Waals surface area contributed by atoms with Gasteiger partial charge >= 0.3 is 0 Å². The van der Waals surface area contributed by atoms with Crippen molar-refractivity contribution in [1.29, 1.82) is 0 Å². The number of ether oxygens (including phenoxy) is 2. The highest BCUT2D eigenvalue weighted by Crippen LogP contribution is 2.52. The summed E-state index contributed by atoms with van der Waals surface area (Å²) in [6.07, 6.45) is 3.64. The van der Waals surface area contributed by atoms with Gasteiger partial charge in [-0.15, -0.1) is 0 Å². The number of fused-ring (bicyclic) bond motifs is 5. The van der Waals surface area contributed by atoms with Gasteiger partial charge in [0, 0.05) is 33.6 Å². The van der Waals surface area contributed by atoms with E-state index in [1.165, 1.54) is 52.5 Å². The molecule has 2 aliphatic rings. The molecule has 1 fully saturated rings. The Bertz CT molecular complexity index is 1110. The number of aromatic nitrogens is 1. The summed E-state index contributed by atoms with van der Waals surface area (Å²) in [6, 6.07) is 11.8. The maximum Gasteiger partial charge on any atom is 0.160 e. The summed E-state index contributed by atoms with van der Waals surface area (Å²) in [5.74, 6) is 2.48. The predicted octanol–water partition coefficient (Wildman–Crippen LogP) is 6.34. The second kappa shape index (κ2) is 7.61. The first kappa shape index (κ1) is 20.0. The smallest absolute Gasteiger partial charge is 0.160 e. The van der Waals surface area contributed by atoms with E-state index in [-0.39, 0.29) is 0 Å². The molecule has 30 heavy (non-hydrogen) atoms. The Hall–Kier alpha value is -1.98. The molecule has 0 amide bonds. The molecule has 1 saturated carbocycles. The molecule has 5 rings (SSSR count). The summed E-state index contributed by atoms with van der Waals surface area (Å²) in [7, 11) is 3.41. The Morgan fingerprint density at radius 2 is 1.83 bits per heavy atom. The number of hydrogen-bond donors (Lipinski definition) is 2. The van der Waals surface area contributed by atoms with E-state index >= 15 is 0 Å². The Kier molecular flexibility index (Phi) is 5.06. The summed E-state index contributed by atoms with van der Waals surface area (Å²) >= 11 is 3.79. The van der Waals surface area contributed by atoms with Crippen LogP contribution in [0.2, 0.25) is 0 Å². The third-order valence-electron chi connectivity index (χ3n) is 7.04. The van der Waals surface area contributed by atoms with Crippen molar-refractivity contribution >= 4 is 26.8 Å². The van der Waals surface area contributed by atoms with Crippen LogP contribution in [0.5, 0.6) is 11.5 Å². The fraction of sp³-hybridized carbons (Fsp3) is 0.440. The molecule has 1 aliphatic heterocycles. The van der Waals surface area contributed by atoms with Crippen molar-refractivity contribution in [3.05, 3.63) is 57.2 Å². The zero-order chi connectivity index (χ0) is 21.0. The first-order valence-electron chi connectivity index (χ1n) is 10.8. The molecule has 2 N–H and O–H groups in total. The van der Waals surface area contributed by atoms with Crippen LogP contribution in [-0.2, 0) is 0 Å². The normalized spacial score (nSPS) is 25.6. The summed E-state index contributed by atoms with van der Waals surface area (Å²) in [4.78, 5) is 3.75. The highest BCUT2D eigenvalue weighted by molar-refractivity contribution is 9.10. The molecule has 4 atom stereocenters. The topological polar surface area (TPSA) is 46.3 Å². The van der Waals surface area contributed by atoms with E-state index in [1.807, 2.05) is 6.07 Å². The van der Waals surface area contributed by atoms with E-state index in [4.69, 9.17) is 9.47 Å². The largest absolute Gasteiger partial charge is 0.493 e. The summed E-state index contributed by atoms with van der Waals surface area (Å²) in [5, 5.41) is 5.29. The lowest BCUT2D eigenvalue weighted by Gasteiger charge is -2.44. The molecule has 4 unspecified atom stereocenters. The molecule has 0 bridgehead atoms. The lowest BCUT2D eigenvalue weighted by atomic mass is 9.67. The third-order valence-corrected chi connectivity index (χ3v) is 7.66. The fourth-order valence-corrected chi connectivity index (χ4v) is 6.45. The lowest BCUT2D eigenvalue weighted by Crippen LogP contribution is -2.45. The number of nitrogens with one attached hydrogen (secondary N) is 2. The van der Waals surface area contributed by atoms with Crippen LogP contribution in [0.25, 0.3) is 10.9 Å². The van der Waals surface area contributed by atoms with E-state index in [9.17, 15) is 0 Å². The van der Waals surface area contributed by atoms with Crippen molar-refractivity contribution in [2.24, 2.45) is 0 Å². The van der Waals surface area contributed by atoms with Crippen molar-refractivity contribution < 1.29 is 9.47 Å². The van der Waals surface area contributed by atoms with Crippen LogP contribution in [0.4, 0.5) is 0 Å². The minimum atomic E-state index is 0.324. The number of halogens is 1. The van der Waals surface area contributed by atoms with Gasteiger partial charge in [0.05, 0.1) is 19.7 Å². The van der Waals surface area contributed by atoms with Gasteiger partial charge in [0.2, 0.25) is 0 Å². The van der Waals surface area contributed by atoms with E-state index in [0.717, 1.165) is 16.0 Å². The average Bonchev–Trinajstić information content (AvgIpc) is 3.13. The standard InChI is InChI=1S/C25H29BrN2O2/c1-13-10-17-23-22-16(15-8-9-20(29-3)21(12-15)30-4)6-5-7-19(22)27-14(2)24(23)28-25(17)18(26)11-13/h8-12,14,16,19,22,27-28H,5-7H2,1-4H3. The molecule has 1 aliphatic carbocycles. The number of methoxy groups -OCH3 is 2. The van der Waals surface area contributed by atoms with E-state index < -0.39 is 0 Å². The Balaban J connectivity index is 1.69. The molecule has 1 aromatic heterocycles. The van der Waals surface area contributed by atoms with Crippen LogP contribution in [0, 0.1) is 6.92 Å². The van der Waals surface area contributed by atoms with Crippen LogP contribution >= 0.6 is 15.9 Å². The molecule has 0 spiro atoms. The van der Waals surface area contributed by atoms with Crippen LogP contribution < -0.4 is 14.8 Å². The van der Waals surface area contributed by atoms with E-state index in [2.05, 4.69) is 64.3 Å². The number of benzene rings is 2. The number of hydrogen-bond acceptors (Lipinski definition) is 3. The van der Waals surface area contributed by atoms with Gasteiger partial charge < -0.3 is 19.8 Å². The Morgan fingerprint density at radius 1 is 1.03 bits per heavy atom. The third kappa shape index (κ3) is 3.05. The van der Waals surface area contributed by atoms with Gasteiger partial charge in [0.1, 0.15) is 0 Å². The molecule has 2 heterocycles. The number of aromatic amines is 1. The fourth-order valence-electron chi connectivity index (χ4n) is 5.78. The van der Waals surface area contributed by atoms with Crippen molar-refractivity contribution in [3.63, 3.8) is 0 Å². The summed E-state index contributed by atoms with van der Waals surface area (Å²) in [6.45, 7) is 4.46.